The molecule has 204 valence electrons. The first-order chi connectivity index (χ1) is 19.0. The smallest absolute Gasteiger partial charge is 0.337 e. The van der Waals surface area contributed by atoms with E-state index in [4.69, 9.17) is 26.1 Å². The molecule has 0 amide bonds. The summed E-state index contributed by atoms with van der Waals surface area (Å²) >= 11 is 7.72. The van der Waals surface area contributed by atoms with Crippen molar-refractivity contribution in [2.45, 2.75) is 39.4 Å². The number of halogens is 1. The zero-order valence-electron chi connectivity index (χ0n) is 22.7. The summed E-state index contributed by atoms with van der Waals surface area (Å²) in [5.41, 5.74) is 5.96. The molecule has 0 saturated carbocycles. The lowest BCUT2D eigenvalue weighted by atomic mass is 9.91. The van der Waals surface area contributed by atoms with Gasteiger partial charge >= 0.3 is 12.0 Å². The number of methoxy groups -OCH3 is 1. The molecule has 40 heavy (non-hydrogen) atoms. The van der Waals surface area contributed by atoms with E-state index in [2.05, 4.69) is 9.97 Å². The van der Waals surface area contributed by atoms with Crippen LogP contribution in [-0.2, 0) is 9.53 Å². The van der Waals surface area contributed by atoms with Gasteiger partial charge < -0.3 is 14.6 Å². The molecule has 2 aromatic heterocycles. The fourth-order valence-corrected chi connectivity index (χ4v) is 5.79. The first-order valence-electron chi connectivity index (χ1n) is 12.6. The van der Waals surface area contributed by atoms with Crippen LogP contribution in [0.5, 0.6) is 6.01 Å². The van der Waals surface area contributed by atoms with E-state index in [0.29, 0.717) is 16.6 Å². The third-order valence-corrected chi connectivity index (χ3v) is 7.68. The van der Waals surface area contributed by atoms with Crippen molar-refractivity contribution < 1.29 is 19.4 Å². The van der Waals surface area contributed by atoms with Gasteiger partial charge in [0.25, 0.3) is 0 Å². The number of carboxylic acids is 1. The maximum absolute atomic E-state index is 12.5. The summed E-state index contributed by atoms with van der Waals surface area (Å²) in [5.74, 6) is -1.05. The van der Waals surface area contributed by atoms with Gasteiger partial charge in [-0.05, 0) is 62.6 Å². The third kappa shape index (κ3) is 5.70. The number of aromatic nitrogens is 3. The number of carboxylic acid groups (broad SMARTS) is 1. The van der Waals surface area contributed by atoms with Gasteiger partial charge in [0.2, 0.25) is 0 Å². The van der Waals surface area contributed by atoms with Gasteiger partial charge in [-0.15, -0.1) is 11.3 Å². The second kappa shape index (κ2) is 11.0. The van der Waals surface area contributed by atoms with Crippen molar-refractivity contribution in [2.75, 3.05) is 7.11 Å². The molecule has 1 atom stereocenters. The van der Waals surface area contributed by atoms with Gasteiger partial charge in [0.05, 0.1) is 22.9 Å². The summed E-state index contributed by atoms with van der Waals surface area (Å²) in [6.45, 7) is 7.46. The van der Waals surface area contributed by atoms with Gasteiger partial charge in [0.1, 0.15) is 5.01 Å². The summed E-state index contributed by atoms with van der Waals surface area (Å²) in [4.78, 5) is 25.9. The number of nitrogens with zero attached hydrogens (tertiary/aromatic N) is 3. The van der Waals surface area contributed by atoms with Crippen LogP contribution in [0.25, 0.3) is 43.0 Å². The normalized spacial score (nSPS) is 12.4. The molecule has 0 aliphatic rings. The lowest BCUT2D eigenvalue weighted by Gasteiger charge is -2.28. The van der Waals surface area contributed by atoms with Crippen LogP contribution in [0.4, 0.5) is 0 Å². The van der Waals surface area contributed by atoms with Crippen LogP contribution in [0, 0.1) is 6.92 Å². The molecule has 0 aliphatic heterocycles. The number of aliphatic carboxylic acids is 1. The fraction of sp³-hybridized carbons (Fsp3) is 0.226. The Hall–Kier alpha value is -3.85. The Morgan fingerprint density at radius 3 is 2.12 bits per heavy atom. The maximum atomic E-state index is 12.5. The van der Waals surface area contributed by atoms with Gasteiger partial charge in [-0.1, -0.05) is 48.0 Å². The van der Waals surface area contributed by atoms with E-state index in [1.807, 2.05) is 70.2 Å². The molecular formula is C31H28ClN3O4S. The van der Waals surface area contributed by atoms with Gasteiger partial charge in [-0.2, -0.15) is 0 Å². The number of ether oxygens (including phenoxy) is 2. The quantitative estimate of drug-likeness (QED) is 0.211. The number of rotatable bonds is 7. The van der Waals surface area contributed by atoms with Crippen molar-refractivity contribution in [3.63, 3.8) is 0 Å². The zero-order valence-corrected chi connectivity index (χ0v) is 24.3. The summed E-state index contributed by atoms with van der Waals surface area (Å²) in [6, 6.07) is 17.7. The van der Waals surface area contributed by atoms with Crippen LogP contribution in [0.1, 0.15) is 38.0 Å². The molecule has 0 saturated heterocycles. The van der Waals surface area contributed by atoms with Gasteiger partial charge in [-0.3, -0.25) is 0 Å². The minimum Gasteiger partial charge on any atom is -0.479 e. The number of carbonyl (C=O) groups is 1. The molecule has 0 radical (unpaired) electrons. The van der Waals surface area contributed by atoms with E-state index >= 15 is 0 Å². The zero-order chi connectivity index (χ0) is 28.6. The predicted octanol–water partition coefficient (Wildman–Crippen LogP) is 8.00. The van der Waals surface area contributed by atoms with Gasteiger partial charge in [0, 0.05) is 39.7 Å². The average molecular weight is 574 g/mol. The minimum absolute atomic E-state index is 0.319. The molecule has 1 unspecified atom stereocenters. The molecule has 0 fully saturated rings. The standard InChI is InChI=1S/C31H28ClN3O4S/c1-17-14-23-27(25(19-10-12-22(32)13-11-19)24(17)26(29(36)37)39-31(2,3)4)40-28(35-23)20-8-6-18(7-9-20)21-15-33-30(38-5)34-16-21/h6-16,26H,1-5H3,(H,36,37). The van der Waals surface area contributed by atoms with Crippen LogP contribution in [0.2, 0.25) is 5.02 Å². The number of hydrogen-bond donors (Lipinski definition) is 1. The highest BCUT2D eigenvalue weighted by molar-refractivity contribution is 7.22. The van der Waals surface area contributed by atoms with E-state index in [1.165, 1.54) is 18.4 Å². The molecule has 9 heteroatoms. The number of fused-ring (bicyclic) bond motifs is 1. The molecule has 0 spiro atoms. The van der Waals surface area contributed by atoms with E-state index in [9.17, 15) is 9.90 Å². The Balaban J connectivity index is 1.65. The Kier molecular flexibility index (Phi) is 7.59. The van der Waals surface area contributed by atoms with Crippen molar-refractivity contribution in [3.05, 3.63) is 83.1 Å². The van der Waals surface area contributed by atoms with Crippen molar-refractivity contribution in [1.82, 2.24) is 15.0 Å². The van der Waals surface area contributed by atoms with Crippen LogP contribution in [0.15, 0.2) is 67.0 Å². The molecule has 5 rings (SSSR count). The van der Waals surface area contributed by atoms with Crippen molar-refractivity contribution in [2.24, 2.45) is 0 Å². The monoisotopic (exact) mass is 573 g/mol. The highest BCUT2D eigenvalue weighted by Gasteiger charge is 2.32. The van der Waals surface area contributed by atoms with Gasteiger partial charge in [0.15, 0.2) is 6.10 Å². The molecule has 7 nitrogen and oxygen atoms in total. The minimum atomic E-state index is -1.16. The number of hydrogen-bond acceptors (Lipinski definition) is 7. The summed E-state index contributed by atoms with van der Waals surface area (Å²) < 4.78 is 12.0. The van der Waals surface area contributed by atoms with E-state index in [1.54, 1.807) is 24.5 Å². The summed E-state index contributed by atoms with van der Waals surface area (Å²) in [5, 5.41) is 11.7. The Bertz CT molecular complexity index is 1680. The van der Waals surface area contributed by atoms with Crippen LogP contribution >= 0.6 is 22.9 Å². The highest BCUT2D eigenvalue weighted by Crippen LogP contribution is 2.44. The molecule has 5 aromatic rings. The number of aryl methyl sites for hydroxylation is 1. The molecule has 1 N–H and O–H groups in total. The largest absolute Gasteiger partial charge is 0.479 e. The SMILES string of the molecule is COc1ncc(-c2ccc(-c3nc4cc(C)c(C(OC(C)(C)C)C(=O)O)c(-c5ccc(Cl)cc5)c4s3)cc2)cn1. The molecule has 2 heterocycles. The first-order valence-corrected chi connectivity index (χ1v) is 13.8. The number of thiazole rings is 1. The number of benzene rings is 3. The molecular weight excluding hydrogens is 546 g/mol. The van der Waals surface area contributed by atoms with Crippen LogP contribution in [-0.4, -0.2) is 38.7 Å². The third-order valence-electron chi connectivity index (χ3n) is 6.29. The molecule has 0 bridgehead atoms. The lowest BCUT2D eigenvalue weighted by Crippen LogP contribution is -2.28. The van der Waals surface area contributed by atoms with E-state index in [-0.39, 0.29) is 0 Å². The lowest BCUT2D eigenvalue weighted by molar-refractivity contribution is -0.160. The van der Waals surface area contributed by atoms with Crippen molar-refractivity contribution in [3.8, 4) is 38.8 Å². The second-order valence-electron chi connectivity index (χ2n) is 10.3. The van der Waals surface area contributed by atoms with Crippen molar-refractivity contribution in [1.29, 1.82) is 0 Å². The van der Waals surface area contributed by atoms with E-state index in [0.717, 1.165) is 48.6 Å². The first kappa shape index (κ1) is 27.7. The molecule has 0 aliphatic carbocycles. The topological polar surface area (TPSA) is 94.4 Å². The van der Waals surface area contributed by atoms with Crippen LogP contribution < -0.4 is 4.74 Å². The predicted molar refractivity (Wildman–Crippen MR) is 159 cm³/mol. The Morgan fingerprint density at radius 1 is 0.950 bits per heavy atom. The molecule has 3 aromatic carbocycles. The second-order valence-corrected chi connectivity index (χ2v) is 11.8. The Morgan fingerprint density at radius 2 is 1.55 bits per heavy atom. The highest BCUT2D eigenvalue weighted by atomic mass is 35.5. The summed E-state index contributed by atoms with van der Waals surface area (Å²) in [7, 11) is 1.53. The van der Waals surface area contributed by atoms with Gasteiger partial charge in [-0.25, -0.2) is 19.7 Å². The van der Waals surface area contributed by atoms with E-state index < -0.39 is 17.7 Å². The van der Waals surface area contributed by atoms with Crippen molar-refractivity contribution >= 4 is 39.1 Å². The fourth-order valence-electron chi connectivity index (χ4n) is 4.54. The Labute approximate surface area is 241 Å². The summed E-state index contributed by atoms with van der Waals surface area (Å²) in [6.07, 6.45) is 2.28. The van der Waals surface area contributed by atoms with Crippen LogP contribution in [0.3, 0.4) is 0 Å². The average Bonchev–Trinajstić information content (AvgIpc) is 3.35. The maximum Gasteiger partial charge on any atom is 0.337 e.